The molecule has 0 aliphatic carbocycles. The Hall–Kier alpha value is -1.98. The zero-order chi connectivity index (χ0) is 13.8. The first-order chi connectivity index (χ1) is 9.06. The van der Waals surface area contributed by atoms with Crippen molar-refractivity contribution in [3.05, 3.63) is 62.6 Å². The Bertz CT molecular complexity index is 659. The highest BCUT2D eigenvalue weighted by Crippen LogP contribution is 2.31. The van der Waals surface area contributed by atoms with Crippen LogP contribution in [0.5, 0.6) is 0 Å². The third-order valence-electron chi connectivity index (χ3n) is 2.22. The van der Waals surface area contributed by atoms with E-state index < -0.39 is 4.92 Å². The molecule has 0 heterocycles. The number of benzene rings is 2. The quantitative estimate of drug-likeness (QED) is 0.437. The van der Waals surface area contributed by atoms with Gasteiger partial charge in [0.1, 0.15) is 0 Å². The van der Waals surface area contributed by atoms with E-state index in [1.165, 1.54) is 18.2 Å². The molecule has 2 aromatic carbocycles. The molecule has 0 aliphatic rings. The molecule has 7 heteroatoms. The lowest BCUT2D eigenvalue weighted by Gasteiger charge is -1.97. The van der Waals surface area contributed by atoms with Gasteiger partial charge < -0.3 is 0 Å². The highest BCUT2D eigenvalue weighted by molar-refractivity contribution is 6.31. The van der Waals surface area contributed by atoms with Gasteiger partial charge in [0.05, 0.1) is 10.6 Å². The van der Waals surface area contributed by atoms with Gasteiger partial charge >= 0.3 is 0 Å². The van der Waals surface area contributed by atoms with Crippen molar-refractivity contribution in [3.8, 4) is 0 Å². The molecule has 2 aromatic rings. The first-order valence-electron chi connectivity index (χ1n) is 5.17. The summed E-state index contributed by atoms with van der Waals surface area (Å²) < 4.78 is 0. The smallest absolute Gasteiger partial charge is 0.258 e. The standard InChI is InChI=1S/C12H7Cl2N3O2/c13-8-2-1-3-10(6-8)15-16-11-7-9(14)4-5-12(11)17(18)19/h1-7H. The summed E-state index contributed by atoms with van der Waals surface area (Å²) in [6.45, 7) is 0. The Labute approximate surface area is 118 Å². The fourth-order valence-electron chi connectivity index (χ4n) is 1.38. The molecular weight excluding hydrogens is 289 g/mol. The molecule has 0 fully saturated rings. The molecule has 96 valence electrons. The van der Waals surface area contributed by atoms with Gasteiger partial charge in [-0.3, -0.25) is 10.1 Å². The molecule has 5 nitrogen and oxygen atoms in total. The van der Waals surface area contributed by atoms with Gasteiger partial charge in [0.25, 0.3) is 5.69 Å². The summed E-state index contributed by atoms with van der Waals surface area (Å²) in [5, 5.41) is 19.4. The largest absolute Gasteiger partial charge is 0.296 e. The number of nitro groups is 1. The summed E-state index contributed by atoms with van der Waals surface area (Å²) in [5.41, 5.74) is 0.439. The van der Waals surface area contributed by atoms with Gasteiger partial charge in [-0.2, -0.15) is 5.11 Å². The average molecular weight is 296 g/mol. The lowest BCUT2D eigenvalue weighted by Crippen LogP contribution is -1.87. The number of azo groups is 1. The van der Waals surface area contributed by atoms with Crippen LogP contribution in [0.3, 0.4) is 0 Å². The fraction of sp³-hybridized carbons (Fsp3) is 0. The molecular formula is C12H7Cl2N3O2. The Morgan fingerprint density at radius 2 is 1.74 bits per heavy atom. The molecule has 19 heavy (non-hydrogen) atoms. The van der Waals surface area contributed by atoms with E-state index >= 15 is 0 Å². The van der Waals surface area contributed by atoms with E-state index in [0.717, 1.165) is 0 Å². The van der Waals surface area contributed by atoms with Gasteiger partial charge in [-0.1, -0.05) is 29.3 Å². The second kappa shape index (κ2) is 5.77. The number of nitrogens with zero attached hydrogens (tertiary/aromatic N) is 3. The Morgan fingerprint density at radius 1 is 1.00 bits per heavy atom. The van der Waals surface area contributed by atoms with Gasteiger partial charge in [-0.15, -0.1) is 5.11 Å². The van der Waals surface area contributed by atoms with Gasteiger partial charge in [-0.25, -0.2) is 0 Å². The van der Waals surface area contributed by atoms with Crippen LogP contribution < -0.4 is 0 Å². The summed E-state index contributed by atoms with van der Waals surface area (Å²) >= 11 is 11.6. The van der Waals surface area contributed by atoms with Crippen molar-refractivity contribution in [1.29, 1.82) is 0 Å². The van der Waals surface area contributed by atoms with E-state index in [1.807, 2.05) is 0 Å². The lowest BCUT2D eigenvalue weighted by atomic mass is 10.3. The molecule has 0 atom stereocenters. The second-order valence-corrected chi connectivity index (χ2v) is 4.44. The molecule has 0 radical (unpaired) electrons. The second-order valence-electron chi connectivity index (χ2n) is 3.57. The number of halogens is 2. The lowest BCUT2D eigenvalue weighted by molar-refractivity contribution is -0.384. The van der Waals surface area contributed by atoms with Crippen LogP contribution in [0.2, 0.25) is 10.0 Å². The van der Waals surface area contributed by atoms with Crippen LogP contribution in [-0.4, -0.2) is 4.92 Å². The van der Waals surface area contributed by atoms with Crippen molar-refractivity contribution < 1.29 is 4.92 Å². The maximum absolute atomic E-state index is 10.8. The maximum Gasteiger partial charge on any atom is 0.296 e. The van der Waals surface area contributed by atoms with E-state index in [4.69, 9.17) is 23.2 Å². The molecule has 0 aromatic heterocycles. The van der Waals surface area contributed by atoms with Crippen LogP contribution in [0.1, 0.15) is 0 Å². The van der Waals surface area contributed by atoms with Crippen molar-refractivity contribution in [1.82, 2.24) is 0 Å². The number of rotatable bonds is 3. The predicted molar refractivity (Wildman–Crippen MR) is 73.7 cm³/mol. The molecule has 0 unspecified atom stereocenters. The van der Waals surface area contributed by atoms with Gasteiger partial charge in [-0.05, 0) is 30.3 Å². The van der Waals surface area contributed by atoms with Gasteiger partial charge in [0.2, 0.25) is 0 Å². The summed E-state index contributed by atoms with van der Waals surface area (Å²) in [6.07, 6.45) is 0. The summed E-state index contributed by atoms with van der Waals surface area (Å²) in [5.74, 6) is 0. The molecule has 0 aliphatic heterocycles. The first-order valence-corrected chi connectivity index (χ1v) is 5.93. The number of nitro benzene ring substituents is 1. The average Bonchev–Trinajstić information content (AvgIpc) is 2.36. The normalized spacial score (nSPS) is 10.8. The first kappa shape index (κ1) is 13.5. The highest BCUT2D eigenvalue weighted by Gasteiger charge is 2.13. The molecule has 0 spiro atoms. The van der Waals surface area contributed by atoms with Crippen molar-refractivity contribution in [2.45, 2.75) is 0 Å². The highest BCUT2D eigenvalue weighted by atomic mass is 35.5. The van der Waals surface area contributed by atoms with Crippen LogP contribution in [0, 0.1) is 10.1 Å². The zero-order valence-electron chi connectivity index (χ0n) is 9.46. The number of hydrogen-bond acceptors (Lipinski definition) is 4. The SMILES string of the molecule is O=[N+]([O-])c1ccc(Cl)cc1N=Nc1cccc(Cl)c1. The van der Waals surface area contributed by atoms with Crippen LogP contribution in [-0.2, 0) is 0 Å². The molecule has 2 rings (SSSR count). The van der Waals surface area contributed by atoms with E-state index in [9.17, 15) is 10.1 Å². The minimum Gasteiger partial charge on any atom is -0.258 e. The van der Waals surface area contributed by atoms with Crippen molar-refractivity contribution in [2.24, 2.45) is 10.2 Å². The van der Waals surface area contributed by atoms with E-state index in [0.29, 0.717) is 15.7 Å². The minimum absolute atomic E-state index is 0.0949. The summed E-state index contributed by atoms with van der Waals surface area (Å²) in [7, 11) is 0. The third kappa shape index (κ3) is 3.49. The third-order valence-corrected chi connectivity index (χ3v) is 2.69. The Morgan fingerprint density at radius 3 is 2.42 bits per heavy atom. The fourth-order valence-corrected chi connectivity index (χ4v) is 1.73. The monoisotopic (exact) mass is 295 g/mol. The molecule has 0 bridgehead atoms. The predicted octanol–water partition coefficient (Wildman–Crippen LogP) is 5.32. The van der Waals surface area contributed by atoms with Crippen LogP contribution >= 0.6 is 23.2 Å². The van der Waals surface area contributed by atoms with E-state index in [-0.39, 0.29) is 11.4 Å². The van der Waals surface area contributed by atoms with Gasteiger partial charge in [0, 0.05) is 16.1 Å². The number of hydrogen-bond donors (Lipinski definition) is 0. The Kier molecular flexibility index (Phi) is 4.09. The summed E-state index contributed by atoms with van der Waals surface area (Å²) in [4.78, 5) is 10.3. The van der Waals surface area contributed by atoms with E-state index in [1.54, 1.807) is 24.3 Å². The van der Waals surface area contributed by atoms with Crippen molar-refractivity contribution in [3.63, 3.8) is 0 Å². The Balaban J connectivity index is 2.37. The molecule has 0 saturated carbocycles. The van der Waals surface area contributed by atoms with Crippen LogP contribution in [0.25, 0.3) is 0 Å². The molecule has 0 amide bonds. The topological polar surface area (TPSA) is 67.9 Å². The van der Waals surface area contributed by atoms with Crippen LogP contribution in [0.4, 0.5) is 17.1 Å². The van der Waals surface area contributed by atoms with Crippen molar-refractivity contribution in [2.75, 3.05) is 0 Å². The summed E-state index contributed by atoms with van der Waals surface area (Å²) in [6, 6.07) is 10.8. The van der Waals surface area contributed by atoms with Crippen molar-refractivity contribution >= 4 is 40.3 Å². The maximum atomic E-state index is 10.8. The van der Waals surface area contributed by atoms with Gasteiger partial charge in [0.15, 0.2) is 5.69 Å². The zero-order valence-corrected chi connectivity index (χ0v) is 11.0. The van der Waals surface area contributed by atoms with E-state index in [2.05, 4.69) is 10.2 Å². The molecule has 0 N–H and O–H groups in total. The van der Waals surface area contributed by atoms with Crippen LogP contribution in [0.15, 0.2) is 52.7 Å². The molecule has 0 saturated heterocycles. The minimum atomic E-state index is -0.539.